The predicted molar refractivity (Wildman–Crippen MR) is 237 cm³/mol. The van der Waals surface area contributed by atoms with E-state index in [0.717, 1.165) is 57.3 Å². The second kappa shape index (κ2) is 24.6. The topological polar surface area (TPSA) is 121 Å². The molecule has 0 spiro atoms. The molecule has 5 rings (SSSR count). The van der Waals surface area contributed by atoms with Gasteiger partial charge in [-0.15, -0.1) is 0 Å². The average molecular weight is 825 g/mol. The number of ether oxygens (including phenoxy) is 5. The fraction of sp³-hybridized carbons (Fsp3) is 0.529. The van der Waals surface area contributed by atoms with Crippen LogP contribution in [0.25, 0.3) is 22.3 Å². The Morgan fingerprint density at radius 3 is 1.50 bits per heavy atom. The predicted octanol–water partition coefficient (Wildman–Crippen LogP) is 10.8. The van der Waals surface area contributed by atoms with Gasteiger partial charge in [0.05, 0.1) is 57.4 Å². The Morgan fingerprint density at radius 2 is 1.07 bits per heavy atom. The molecule has 0 atom stereocenters. The van der Waals surface area contributed by atoms with Crippen molar-refractivity contribution in [2.45, 2.75) is 110 Å². The Hall–Kier alpha value is -4.60. The molecule has 3 aromatic carbocycles. The summed E-state index contributed by atoms with van der Waals surface area (Å²) in [6.45, 7) is 12.1. The van der Waals surface area contributed by atoms with E-state index >= 15 is 0 Å². The van der Waals surface area contributed by atoms with Crippen LogP contribution in [0.2, 0.25) is 0 Å². The number of esters is 2. The smallest absolute Gasteiger partial charge is 0.335 e. The number of aliphatic hydroxyl groups is 2. The van der Waals surface area contributed by atoms with Gasteiger partial charge in [0.1, 0.15) is 17.2 Å². The highest BCUT2D eigenvalue weighted by Gasteiger charge is 2.32. The minimum atomic E-state index is -0.596. The number of carbonyl (C=O) groups is 2. The SMILES string of the molecule is C=C(CO)C(=O)OCCCOc1ccc(-c2cc(C3CCC(C4CCC(CCCCC)CC4)CC3)cc(-c3ccc(OCCCOC(=O)C(=C)CO)cc3)c2OCC)cc1. The standard InChI is InChI=1S/C51H68O9/c1-5-7-8-11-38-12-14-39(15-13-38)40-16-18-41(19-17-40)44-32-47(42-20-24-45(25-21-42)57-28-9-30-59-50(54)36(3)34-52)49(56-6-2)48(33-44)43-22-26-46(27-23-43)58-29-10-31-60-51(55)37(4)35-53/h20-27,32-33,38-41,52-53H,3-19,28-31,34-35H2,1-2H3. The van der Waals surface area contributed by atoms with E-state index in [4.69, 9.17) is 33.9 Å². The molecule has 3 aromatic rings. The van der Waals surface area contributed by atoms with E-state index in [9.17, 15) is 9.59 Å². The van der Waals surface area contributed by atoms with Crippen LogP contribution in [0, 0.1) is 17.8 Å². The monoisotopic (exact) mass is 824 g/mol. The molecule has 0 amide bonds. The maximum Gasteiger partial charge on any atom is 0.335 e. The highest BCUT2D eigenvalue weighted by atomic mass is 16.5. The lowest BCUT2D eigenvalue weighted by atomic mass is 9.67. The van der Waals surface area contributed by atoms with E-state index in [1.165, 1.54) is 82.6 Å². The van der Waals surface area contributed by atoms with Crippen LogP contribution in [-0.4, -0.2) is 68.4 Å². The molecule has 326 valence electrons. The minimum Gasteiger partial charge on any atom is -0.493 e. The molecule has 0 radical (unpaired) electrons. The Bertz CT molecular complexity index is 1700. The van der Waals surface area contributed by atoms with Gasteiger partial charge in [0.2, 0.25) is 0 Å². The van der Waals surface area contributed by atoms with Gasteiger partial charge in [0.25, 0.3) is 0 Å². The zero-order valence-electron chi connectivity index (χ0n) is 36.1. The number of hydrogen-bond acceptors (Lipinski definition) is 9. The summed E-state index contributed by atoms with van der Waals surface area (Å²) in [6.07, 6.45) is 17.1. The number of aliphatic hydroxyl groups excluding tert-OH is 2. The molecule has 2 aliphatic rings. The summed E-state index contributed by atoms with van der Waals surface area (Å²) in [4.78, 5) is 23.5. The van der Waals surface area contributed by atoms with Gasteiger partial charge in [0, 0.05) is 24.0 Å². The van der Waals surface area contributed by atoms with E-state index in [-0.39, 0.29) is 24.4 Å². The molecule has 0 saturated heterocycles. The van der Waals surface area contributed by atoms with Crippen molar-refractivity contribution in [3.05, 3.63) is 90.5 Å². The number of benzene rings is 3. The summed E-state index contributed by atoms with van der Waals surface area (Å²) in [5.74, 6) is 4.21. The van der Waals surface area contributed by atoms with Gasteiger partial charge < -0.3 is 33.9 Å². The van der Waals surface area contributed by atoms with Crippen molar-refractivity contribution in [1.82, 2.24) is 0 Å². The molecular formula is C51H68O9. The van der Waals surface area contributed by atoms with Gasteiger partial charge in [-0.2, -0.15) is 0 Å². The fourth-order valence-electron chi connectivity index (χ4n) is 8.79. The van der Waals surface area contributed by atoms with Gasteiger partial charge in [-0.05, 0) is 122 Å². The molecule has 2 N–H and O–H groups in total. The molecule has 0 heterocycles. The van der Waals surface area contributed by atoms with Crippen molar-refractivity contribution in [3.8, 4) is 39.5 Å². The zero-order chi connectivity index (χ0) is 42.7. The summed E-state index contributed by atoms with van der Waals surface area (Å²) in [5, 5.41) is 18.1. The highest BCUT2D eigenvalue weighted by molar-refractivity contribution is 5.88. The maximum absolute atomic E-state index is 11.8. The number of hydrogen-bond donors (Lipinski definition) is 2. The summed E-state index contributed by atoms with van der Waals surface area (Å²) < 4.78 is 28.7. The normalized spacial score (nSPS) is 18.9. The second-order valence-electron chi connectivity index (χ2n) is 16.5. The molecule has 9 nitrogen and oxygen atoms in total. The number of carbonyl (C=O) groups excluding carboxylic acids is 2. The number of unbranched alkanes of at least 4 members (excludes halogenated alkanes) is 2. The van der Waals surface area contributed by atoms with Crippen molar-refractivity contribution in [3.63, 3.8) is 0 Å². The van der Waals surface area contributed by atoms with Crippen molar-refractivity contribution in [1.29, 1.82) is 0 Å². The van der Waals surface area contributed by atoms with Gasteiger partial charge >= 0.3 is 11.9 Å². The van der Waals surface area contributed by atoms with Crippen LogP contribution in [0.1, 0.15) is 115 Å². The van der Waals surface area contributed by atoms with Gasteiger partial charge in [-0.3, -0.25) is 0 Å². The van der Waals surface area contributed by atoms with Crippen LogP contribution in [0.3, 0.4) is 0 Å². The minimum absolute atomic E-state index is 0.0336. The largest absolute Gasteiger partial charge is 0.493 e. The van der Waals surface area contributed by atoms with Crippen LogP contribution < -0.4 is 14.2 Å². The van der Waals surface area contributed by atoms with Gasteiger partial charge in [0.15, 0.2) is 0 Å². The van der Waals surface area contributed by atoms with E-state index in [2.05, 4.69) is 56.5 Å². The quantitative estimate of drug-likeness (QED) is 0.0517. The van der Waals surface area contributed by atoms with E-state index < -0.39 is 25.2 Å². The second-order valence-corrected chi connectivity index (χ2v) is 16.5. The van der Waals surface area contributed by atoms with E-state index in [0.29, 0.717) is 38.6 Å². The molecule has 0 unspecified atom stereocenters. The Balaban J connectivity index is 1.30. The first-order valence-electron chi connectivity index (χ1n) is 22.4. The molecule has 0 aliphatic heterocycles. The third-order valence-corrected chi connectivity index (χ3v) is 12.3. The summed E-state index contributed by atoms with van der Waals surface area (Å²) in [6, 6.07) is 20.9. The molecule has 9 heteroatoms. The lowest BCUT2D eigenvalue weighted by molar-refractivity contribution is -0.140. The molecule has 0 bridgehead atoms. The van der Waals surface area contributed by atoms with Crippen LogP contribution in [0.5, 0.6) is 17.2 Å². The third-order valence-electron chi connectivity index (χ3n) is 12.3. The molecule has 0 aromatic heterocycles. The van der Waals surface area contributed by atoms with Gasteiger partial charge in [-0.25, -0.2) is 9.59 Å². The summed E-state index contributed by atoms with van der Waals surface area (Å²) >= 11 is 0. The molecule has 2 saturated carbocycles. The average Bonchev–Trinajstić information content (AvgIpc) is 3.29. The molecule has 60 heavy (non-hydrogen) atoms. The maximum atomic E-state index is 11.8. The first-order chi connectivity index (χ1) is 29.2. The van der Waals surface area contributed by atoms with Crippen molar-refractivity contribution in [2.24, 2.45) is 17.8 Å². The fourth-order valence-corrected chi connectivity index (χ4v) is 8.79. The Kier molecular flexibility index (Phi) is 19.1. The molecular weight excluding hydrogens is 757 g/mol. The number of rotatable bonds is 24. The van der Waals surface area contributed by atoms with Crippen molar-refractivity contribution in [2.75, 3.05) is 46.2 Å². The van der Waals surface area contributed by atoms with Crippen LogP contribution in [-0.2, 0) is 19.1 Å². The van der Waals surface area contributed by atoms with E-state index in [1.807, 2.05) is 31.2 Å². The van der Waals surface area contributed by atoms with Crippen molar-refractivity contribution < 1.29 is 43.5 Å². The lowest BCUT2D eigenvalue weighted by Crippen LogP contribution is -2.25. The van der Waals surface area contributed by atoms with Crippen LogP contribution >= 0.6 is 0 Å². The van der Waals surface area contributed by atoms with Crippen LogP contribution in [0.15, 0.2) is 85.0 Å². The van der Waals surface area contributed by atoms with E-state index in [1.54, 1.807) is 0 Å². The Morgan fingerprint density at radius 1 is 0.600 bits per heavy atom. The summed E-state index contributed by atoms with van der Waals surface area (Å²) in [5.41, 5.74) is 5.59. The highest BCUT2D eigenvalue weighted by Crippen LogP contribution is 2.48. The van der Waals surface area contributed by atoms with Crippen LogP contribution in [0.4, 0.5) is 0 Å². The summed E-state index contributed by atoms with van der Waals surface area (Å²) in [7, 11) is 0. The first-order valence-corrected chi connectivity index (χ1v) is 22.4. The molecule has 2 aliphatic carbocycles. The lowest BCUT2D eigenvalue weighted by Gasteiger charge is -2.38. The Labute approximate surface area is 358 Å². The first kappa shape index (κ1) is 46.5. The van der Waals surface area contributed by atoms with Crippen molar-refractivity contribution >= 4 is 11.9 Å². The molecule has 2 fully saturated rings. The third kappa shape index (κ3) is 13.7. The zero-order valence-corrected chi connectivity index (χ0v) is 36.1. The van der Waals surface area contributed by atoms with Gasteiger partial charge in [-0.1, -0.05) is 82.9 Å².